The quantitative estimate of drug-likeness (QED) is 0.685. The Kier molecular flexibility index (Phi) is 2.81. The van der Waals surface area contributed by atoms with Crippen molar-refractivity contribution in [3.05, 3.63) is 35.9 Å². The normalized spacial score (nSPS) is 14.9. The lowest BCUT2D eigenvalue weighted by Crippen LogP contribution is -2.31. The van der Waals surface area contributed by atoms with Crippen molar-refractivity contribution in [2.75, 3.05) is 13.6 Å². The summed E-state index contributed by atoms with van der Waals surface area (Å²) in [6.07, 6.45) is 1.97. The maximum Gasteiger partial charge on any atom is 0.258 e. The van der Waals surface area contributed by atoms with Crippen LogP contribution in [0.4, 0.5) is 0 Å². The summed E-state index contributed by atoms with van der Waals surface area (Å²) in [5.41, 5.74) is 0.717. The second kappa shape index (κ2) is 4.26. The number of aliphatic imine (C=N–C) groups is 1. The van der Waals surface area contributed by atoms with E-state index in [4.69, 9.17) is 0 Å². The van der Waals surface area contributed by atoms with Gasteiger partial charge in [-0.05, 0) is 18.6 Å². The zero-order valence-corrected chi connectivity index (χ0v) is 8.81. The number of hydrogen-bond acceptors (Lipinski definition) is 2. The second-order valence-electron chi connectivity index (χ2n) is 3.63. The summed E-state index contributed by atoms with van der Waals surface area (Å²) in [7, 11) is 1.79. The molecule has 15 heavy (non-hydrogen) atoms. The first kappa shape index (κ1) is 9.90. The zero-order chi connectivity index (χ0) is 10.7. The third kappa shape index (κ3) is 2.06. The number of carbonyl (C=O) groups is 1. The van der Waals surface area contributed by atoms with Gasteiger partial charge in [0.15, 0.2) is 0 Å². The van der Waals surface area contributed by atoms with Crippen molar-refractivity contribution in [3.8, 4) is 0 Å². The molecule has 78 valence electrons. The molecule has 0 saturated carbocycles. The van der Waals surface area contributed by atoms with Crippen LogP contribution in [0, 0.1) is 0 Å². The van der Waals surface area contributed by atoms with Gasteiger partial charge in [0.05, 0.1) is 0 Å². The van der Waals surface area contributed by atoms with Crippen molar-refractivity contribution in [2.45, 2.75) is 12.8 Å². The Labute approximate surface area is 89.4 Å². The van der Waals surface area contributed by atoms with Crippen LogP contribution in [0.1, 0.15) is 23.2 Å². The topological polar surface area (TPSA) is 32.7 Å². The molecule has 3 heteroatoms. The van der Waals surface area contributed by atoms with Crippen LogP contribution in [0.5, 0.6) is 0 Å². The molecule has 1 aliphatic heterocycles. The van der Waals surface area contributed by atoms with Crippen LogP contribution in [0.25, 0.3) is 0 Å². The second-order valence-corrected chi connectivity index (χ2v) is 3.63. The minimum atomic E-state index is 0.0243. The number of benzene rings is 1. The van der Waals surface area contributed by atoms with E-state index in [0.29, 0.717) is 0 Å². The van der Waals surface area contributed by atoms with Gasteiger partial charge in [0.2, 0.25) is 0 Å². The van der Waals surface area contributed by atoms with Crippen LogP contribution < -0.4 is 0 Å². The van der Waals surface area contributed by atoms with Crippen molar-refractivity contribution in [3.63, 3.8) is 0 Å². The highest BCUT2D eigenvalue weighted by Gasteiger charge is 2.18. The van der Waals surface area contributed by atoms with Crippen molar-refractivity contribution < 1.29 is 4.79 Å². The molecule has 1 heterocycles. The van der Waals surface area contributed by atoms with Crippen molar-refractivity contribution >= 4 is 11.7 Å². The first-order valence-corrected chi connectivity index (χ1v) is 5.15. The van der Waals surface area contributed by atoms with Crippen molar-refractivity contribution in [2.24, 2.45) is 4.99 Å². The molecule has 1 amide bonds. The fraction of sp³-hybridized carbons (Fsp3) is 0.333. The average Bonchev–Trinajstić information content (AvgIpc) is 2.82. The van der Waals surface area contributed by atoms with Gasteiger partial charge in [-0.1, -0.05) is 18.2 Å². The molecule has 0 atom stereocenters. The predicted octanol–water partition coefficient (Wildman–Crippen LogP) is 1.95. The Balaban J connectivity index is 2.14. The number of amides is 1. The van der Waals surface area contributed by atoms with Gasteiger partial charge >= 0.3 is 0 Å². The average molecular weight is 202 g/mol. The SMILES string of the molecule is CN(C(=O)c1ccccc1)C1=NCCC1. The molecule has 0 aromatic heterocycles. The van der Waals surface area contributed by atoms with Gasteiger partial charge in [0, 0.05) is 25.6 Å². The minimum Gasteiger partial charge on any atom is -0.300 e. The Morgan fingerprint density at radius 1 is 1.33 bits per heavy atom. The van der Waals surface area contributed by atoms with E-state index in [0.717, 1.165) is 30.8 Å². The van der Waals surface area contributed by atoms with Gasteiger partial charge in [-0.3, -0.25) is 14.7 Å². The molecule has 2 rings (SSSR count). The maximum absolute atomic E-state index is 12.0. The van der Waals surface area contributed by atoms with Gasteiger partial charge in [-0.15, -0.1) is 0 Å². The predicted molar refractivity (Wildman–Crippen MR) is 60.1 cm³/mol. The molecule has 0 radical (unpaired) electrons. The van der Waals surface area contributed by atoms with E-state index in [9.17, 15) is 4.79 Å². The molecule has 3 nitrogen and oxygen atoms in total. The molecule has 1 aromatic rings. The van der Waals surface area contributed by atoms with E-state index in [2.05, 4.69) is 4.99 Å². The number of hydrogen-bond donors (Lipinski definition) is 0. The van der Waals surface area contributed by atoms with E-state index in [1.165, 1.54) is 0 Å². The van der Waals surface area contributed by atoms with Gasteiger partial charge in [-0.25, -0.2) is 0 Å². The zero-order valence-electron chi connectivity index (χ0n) is 8.81. The van der Waals surface area contributed by atoms with Gasteiger partial charge in [-0.2, -0.15) is 0 Å². The van der Waals surface area contributed by atoms with E-state index < -0.39 is 0 Å². The maximum atomic E-state index is 12.0. The molecular formula is C12H14N2O. The van der Waals surface area contributed by atoms with E-state index in [1.807, 2.05) is 30.3 Å². The van der Waals surface area contributed by atoms with Crippen LogP contribution in [0.3, 0.4) is 0 Å². The molecule has 0 N–H and O–H groups in total. The molecule has 0 fully saturated rings. The molecule has 0 spiro atoms. The molecule has 0 saturated heterocycles. The Morgan fingerprint density at radius 3 is 2.67 bits per heavy atom. The lowest BCUT2D eigenvalue weighted by molar-refractivity contribution is 0.0869. The van der Waals surface area contributed by atoms with Crippen LogP contribution in [-0.2, 0) is 0 Å². The molecular weight excluding hydrogens is 188 g/mol. The Morgan fingerprint density at radius 2 is 2.07 bits per heavy atom. The summed E-state index contributed by atoms with van der Waals surface area (Å²) in [4.78, 5) is 17.9. The third-order valence-electron chi connectivity index (χ3n) is 2.57. The van der Waals surface area contributed by atoms with Gasteiger partial charge < -0.3 is 0 Å². The van der Waals surface area contributed by atoms with E-state index in [-0.39, 0.29) is 5.91 Å². The number of rotatable bonds is 1. The molecule has 0 aliphatic carbocycles. The minimum absolute atomic E-state index is 0.0243. The summed E-state index contributed by atoms with van der Waals surface area (Å²) in [5, 5.41) is 0. The molecule has 1 aliphatic rings. The van der Waals surface area contributed by atoms with Crippen LogP contribution in [-0.4, -0.2) is 30.2 Å². The number of nitrogens with zero attached hydrogens (tertiary/aromatic N) is 2. The van der Waals surface area contributed by atoms with Gasteiger partial charge in [0.1, 0.15) is 5.84 Å². The summed E-state index contributed by atoms with van der Waals surface area (Å²) < 4.78 is 0. The molecule has 1 aromatic carbocycles. The fourth-order valence-corrected chi connectivity index (χ4v) is 1.69. The third-order valence-corrected chi connectivity index (χ3v) is 2.57. The monoisotopic (exact) mass is 202 g/mol. The van der Waals surface area contributed by atoms with Crippen molar-refractivity contribution in [1.29, 1.82) is 0 Å². The van der Waals surface area contributed by atoms with E-state index in [1.54, 1.807) is 11.9 Å². The first-order chi connectivity index (χ1) is 7.29. The lowest BCUT2D eigenvalue weighted by Gasteiger charge is -2.16. The first-order valence-electron chi connectivity index (χ1n) is 5.15. The van der Waals surface area contributed by atoms with Crippen LogP contribution >= 0.6 is 0 Å². The summed E-state index contributed by atoms with van der Waals surface area (Å²) in [6.45, 7) is 0.849. The molecule has 0 bridgehead atoms. The standard InChI is InChI=1S/C12H14N2O/c1-14(11-8-5-9-13-11)12(15)10-6-3-2-4-7-10/h2-4,6-7H,5,8-9H2,1H3. The Bertz CT molecular complexity index is 384. The number of amidine groups is 1. The van der Waals surface area contributed by atoms with Crippen LogP contribution in [0.2, 0.25) is 0 Å². The summed E-state index contributed by atoms with van der Waals surface area (Å²) >= 11 is 0. The highest BCUT2D eigenvalue weighted by molar-refractivity contribution is 6.06. The van der Waals surface area contributed by atoms with Crippen molar-refractivity contribution in [1.82, 2.24) is 4.90 Å². The lowest BCUT2D eigenvalue weighted by atomic mass is 10.2. The molecule has 0 unspecified atom stereocenters. The summed E-state index contributed by atoms with van der Waals surface area (Å²) in [6, 6.07) is 9.31. The highest BCUT2D eigenvalue weighted by atomic mass is 16.2. The highest BCUT2D eigenvalue weighted by Crippen LogP contribution is 2.10. The summed E-state index contributed by atoms with van der Waals surface area (Å²) in [5.74, 6) is 0.931. The van der Waals surface area contributed by atoms with E-state index >= 15 is 0 Å². The smallest absolute Gasteiger partial charge is 0.258 e. The van der Waals surface area contributed by atoms with Gasteiger partial charge in [0.25, 0.3) is 5.91 Å². The Hall–Kier alpha value is -1.64. The largest absolute Gasteiger partial charge is 0.300 e. The number of carbonyl (C=O) groups excluding carboxylic acids is 1. The fourth-order valence-electron chi connectivity index (χ4n) is 1.69. The van der Waals surface area contributed by atoms with Crippen LogP contribution in [0.15, 0.2) is 35.3 Å².